The van der Waals surface area contributed by atoms with E-state index in [0.29, 0.717) is 5.00 Å². The van der Waals surface area contributed by atoms with Gasteiger partial charge in [-0.25, -0.2) is 4.79 Å². The van der Waals surface area contributed by atoms with Gasteiger partial charge in [0.2, 0.25) is 5.91 Å². The van der Waals surface area contributed by atoms with Crippen LogP contribution in [0.1, 0.15) is 33.6 Å². The fourth-order valence-electron chi connectivity index (χ4n) is 2.04. The highest BCUT2D eigenvalue weighted by Crippen LogP contribution is 2.38. The second-order valence-electron chi connectivity index (χ2n) is 3.91. The first-order valence-electron chi connectivity index (χ1n) is 5.44. The van der Waals surface area contributed by atoms with Crippen molar-refractivity contribution in [3.8, 4) is 0 Å². The van der Waals surface area contributed by atoms with Crippen molar-refractivity contribution >= 4 is 28.2 Å². The number of hydrogen-bond donors (Lipinski definition) is 2. The van der Waals surface area contributed by atoms with Gasteiger partial charge in [0.15, 0.2) is 0 Å². The molecule has 0 atom stereocenters. The van der Waals surface area contributed by atoms with Crippen molar-refractivity contribution in [2.45, 2.75) is 25.7 Å². The van der Waals surface area contributed by atoms with E-state index < -0.39 is 5.97 Å². The zero-order valence-corrected chi connectivity index (χ0v) is 10.1. The lowest BCUT2D eigenvalue weighted by Gasteiger charge is -2.10. The molecule has 2 N–H and O–H groups in total. The van der Waals surface area contributed by atoms with Crippen molar-refractivity contribution in [3.05, 3.63) is 28.7 Å². The number of rotatable bonds is 3. The summed E-state index contributed by atoms with van der Waals surface area (Å²) in [4.78, 5) is 23.6. The predicted molar refractivity (Wildman–Crippen MR) is 66.7 cm³/mol. The SMILES string of the molecule is C=CC(=O)Nc1sc2c(c1C(=O)O)CCCC2. The molecule has 2 rings (SSSR count). The van der Waals surface area contributed by atoms with Crippen molar-refractivity contribution in [2.24, 2.45) is 0 Å². The van der Waals surface area contributed by atoms with Gasteiger partial charge >= 0.3 is 5.97 Å². The molecule has 0 saturated carbocycles. The van der Waals surface area contributed by atoms with E-state index in [1.807, 2.05) is 0 Å². The van der Waals surface area contributed by atoms with Crippen molar-refractivity contribution in [2.75, 3.05) is 5.32 Å². The Labute approximate surface area is 103 Å². The molecule has 0 fully saturated rings. The largest absolute Gasteiger partial charge is 0.478 e. The van der Waals surface area contributed by atoms with Gasteiger partial charge in [-0.1, -0.05) is 6.58 Å². The minimum Gasteiger partial charge on any atom is -0.478 e. The lowest BCUT2D eigenvalue weighted by Crippen LogP contribution is -2.11. The Hall–Kier alpha value is -1.62. The molecular formula is C12H13NO3S. The van der Waals surface area contributed by atoms with Gasteiger partial charge < -0.3 is 10.4 Å². The van der Waals surface area contributed by atoms with E-state index in [-0.39, 0.29) is 11.5 Å². The molecule has 0 bridgehead atoms. The second-order valence-corrected chi connectivity index (χ2v) is 5.02. The lowest BCUT2D eigenvalue weighted by atomic mass is 9.95. The molecule has 0 radical (unpaired) electrons. The summed E-state index contributed by atoms with van der Waals surface area (Å²) in [5, 5.41) is 12.2. The quantitative estimate of drug-likeness (QED) is 0.811. The summed E-state index contributed by atoms with van der Waals surface area (Å²) in [6.07, 6.45) is 4.94. The zero-order valence-electron chi connectivity index (χ0n) is 9.28. The highest BCUT2D eigenvalue weighted by molar-refractivity contribution is 7.17. The van der Waals surface area contributed by atoms with Gasteiger partial charge in [0.25, 0.3) is 0 Å². The molecule has 1 amide bonds. The number of aromatic carboxylic acids is 1. The van der Waals surface area contributed by atoms with Gasteiger partial charge in [-0.15, -0.1) is 11.3 Å². The third-order valence-corrected chi connectivity index (χ3v) is 4.01. The summed E-state index contributed by atoms with van der Waals surface area (Å²) in [5.74, 6) is -1.34. The topological polar surface area (TPSA) is 66.4 Å². The number of carbonyl (C=O) groups excluding carboxylic acids is 1. The van der Waals surface area contributed by atoms with E-state index in [9.17, 15) is 14.7 Å². The predicted octanol–water partition coefficient (Wildman–Crippen LogP) is 2.45. The first-order valence-corrected chi connectivity index (χ1v) is 6.26. The Morgan fingerprint density at radius 1 is 1.35 bits per heavy atom. The molecular weight excluding hydrogens is 238 g/mol. The zero-order chi connectivity index (χ0) is 12.4. The number of carboxylic acids is 1. The third-order valence-electron chi connectivity index (χ3n) is 2.81. The molecule has 1 aliphatic carbocycles. The van der Waals surface area contributed by atoms with Crippen LogP contribution < -0.4 is 5.32 Å². The standard InChI is InChI=1S/C12H13NO3S/c1-2-9(14)13-11-10(12(15)16)7-5-3-4-6-8(7)17-11/h2H,1,3-6H2,(H,13,14)(H,15,16). The monoisotopic (exact) mass is 251 g/mol. The maximum Gasteiger partial charge on any atom is 0.339 e. The Bertz CT molecular complexity index is 490. The van der Waals surface area contributed by atoms with Crippen LogP contribution in [0.2, 0.25) is 0 Å². The molecule has 0 aromatic carbocycles. The number of carboxylic acid groups (broad SMARTS) is 1. The van der Waals surface area contributed by atoms with Gasteiger partial charge in [0.05, 0.1) is 5.56 Å². The van der Waals surface area contributed by atoms with Crippen molar-refractivity contribution < 1.29 is 14.7 Å². The van der Waals surface area contributed by atoms with Crippen LogP contribution in [0.3, 0.4) is 0 Å². The molecule has 0 saturated heterocycles. The van der Waals surface area contributed by atoms with E-state index in [1.165, 1.54) is 11.3 Å². The van der Waals surface area contributed by atoms with Crippen LogP contribution in [0, 0.1) is 0 Å². The minimum absolute atomic E-state index is 0.264. The highest BCUT2D eigenvalue weighted by atomic mass is 32.1. The van der Waals surface area contributed by atoms with Crippen molar-refractivity contribution in [1.29, 1.82) is 0 Å². The smallest absolute Gasteiger partial charge is 0.339 e. The highest BCUT2D eigenvalue weighted by Gasteiger charge is 2.25. The maximum atomic E-state index is 11.3. The molecule has 0 unspecified atom stereocenters. The maximum absolute atomic E-state index is 11.3. The molecule has 1 heterocycles. The van der Waals surface area contributed by atoms with E-state index in [0.717, 1.165) is 42.2 Å². The minimum atomic E-state index is -0.969. The number of amides is 1. The van der Waals surface area contributed by atoms with Gasteiger partial charge in [-0.2, -0.15) is 0 Å². The average Bonchev–Trinajstić information content (AvgIpc) is 2.66. The summed E-state index contributed by atoms with van der Waals surface area (Å²) >= 11 is 1.37. The molecule has 90 valence electrons. The molecule has 1 aromatic rings. The summed E-state index contributed by atoms with van der Waals surface area (Å²) in [7, 11) is 0. The molecule has 4 nitrogen and oxygen atoms in total. The van der Waals surface area contributed by atoms with Crippen LogP contribution in [-0.2, 0) is 17.6 Å². The molecule has 17 heavy (non-hydrogen) atoms. The lowest BCUT2D eigenvalue weighted by molar-refractivity contribution is -0.111. The number of thiophene rings is 1. The molecule has 0 spiro atoms. The fourth-order valence-corrected chi connectivity index (χ4v) is 3.33. The van der Waals surface area contributed by atoms with Crippen LogP contribution in [0.4, 0.5) is 5.00 Å². The second kappa shape index (κ2) is 4.71. The van der Waals surface area contributed by atoms with E-state index >= 15 is 0 Å². The molecule has 0 aliphatic heterocycles. The Morgan fingerprint density at radius 3 is 2.71 bits per heavy atom. The van der Waals surface area contributed by atoms with Crippen LogP contribution in [0.15, 0.2) is 12.7 Å². The Morgan fingerprint density at radius 2 is 2.06 bits per heavy atom. The van der Waals surface area contributed by atoms with Crippen LogP contribution >= 0.6 is 11.3 Å². The number of hydrogen-bond acceptors (Lipinski definition) is 3. The summed E-state index contributed by atoms with van der Waals surface area (Å²) in [6.45, 7) is 3.36. The third kappa shape index (κ3) is 2.24. The summed E-state index contributed by atoms with van der Waals surface area (Å²) in [5.41, 5.74) is 1.16. The van der Waals surface area contributed by atoms with Crippen molar-refractivity contribution in [3.63, 3.8) is 0 Å². The average molecular weight is 251 g/mol. The van der Waals surface area contributed by atoms with Gasteiger partial charge in [-0.05, 0) is 37.3 Å². The number of anilines is 1. The van der Waals surface area contributed by atoms with Crippen LogP contribution in [-0.4, -0.2) is 17.0 Å². The van der Waals surface area contributed by atoms with E-state index in [2.05, 4.69) is 11.9 Å². The number of carbonyl (C=O) groups is 2. The first kappa shape index (κ1) is 11.9. The Kier molecular flexibility index (Phi) is 3.28. The van der Waals surface area contributed by atoms with E-state index in [4.69, 9.17) is 0 Å². The molecule has 1 aromatic heterocycles. The van der Waals surface area contributed by atoms with E-state index in [1.54, 1.807) is 0 Å². The van der Waals surface area contributed by atoms with Gasteiger partial charge in [-0.3, -0.25) is 4.79 Å². The number of nitrogens with one attached hydrogen (secondary N) is 1. The van der Waals surface area contributed by atoms with Crippen LogP contribution in [0.25, 0.3) is 0 Å². The first-order chi connectivity index (χ1) is 8.13. The summed E-state index contributed by atoms with van der Waals surface area (Å²) in [6, 6.07) is 0. The molecule has 1 aliphatic rings. The van der Waals surface area contributed by atoms with Crippen LogP contribution in [0.5, 0.6) is 0 Å². The van der Waals surface area contributed by atoms with Crippen molar-refractivity contribution in [1.82, 2.24) is 0 Å². The molecule has 5 heteroatoms. The Balaban J connectivity index is 2.43. The van der Waals surface area contributed by atoms with Gasteiger partial charge in [0.1, 0.15) is 5.00 Å². The normalized spacial score (nSPS) is 13.9. The number of fused-ring (bicyclic) bond motifs is 1. The number of aryl methyl sites for hydroxylation is 1. The fraction of sp³-hybridized carbons (Fsp3) is 0.333. The summed E-state index contributed by atoms with van der Waals surface area (Å²) < 4.78 is 0. The van der Waals surface area contributed by atoms with Gasteiger partial charge in [0, 0.05) is 4.88 Å².